The van der Waals surface area contributed by atoms with Crippen LogP contribution in [-0.4, -0.2) is 0 Å². The zero-order valence-corrected chi connectivity index (χ0v) is 8.51. The third-order valence-electron chi connectivity index (χ3n) is 2.70. The summed E-state index contributed by atoms with van der Waals surface area (Å²) < 4.78 is 0. The fourth-order valence-electron chi connectivity index (χ4n) is 1.60. The molecule has 70 valence electrons. The summed E-state index contributed by atoms with van der Waals surface area (Å²) in [7, 11) is 0. The van der Waals surface area contributed by atoms with Crippen LogP contribution in [0.2, 0.25) is 5.02 Å². The molecule has 0 amide bonds. The third kappa shape index (κ3) is 1.87. The molecule has 0 radical (unpaired) electrons. The molecular formula is C11H14ClN. The van der Waals surface area contributed by atoms with Crippen molar-refractivity contribution in [1.82, 2.24) is 0 Å². The highest BCUT2D eigenvalue weighted by Crippen LogP contribution is 2.39. The van der Waals surface area contributed by atoms with Crippen molar-refractivity contribution >= 4 is 11.6 Å². The summed E-state index contributed by atoms with van der Waals surface area (Å²) in [5, 5.41) is 0.826. The predicted molar refractivity (Wildman–Crippen MR) is 55.8 cm³/mol. The molecular weight excluding hydrogens is 182 g/mol. The second kappa shape index (κ2) is 3.32. The Morgan fingerprint density at radius 2 is 2.15 bits per heavy atom. The highest BCUT2D eigenvalue weighted by molar-refractivity contribution is 6.31. The lowest BCUT2D eigenvalue weighted by molar-refractivity contribution is 0.633. The average Bonchev–Trinajstić information content (AvgIpc) is 2.91. The van der Waals surface area contributed by atoms with Gasteiger partial charge in [0.1, 0.15) is 0 Å². The molecule has 1 nitrogen and oxygen atoms in total. The molecule has 1 fully saturated rings. The smallest absolute Gasteiger partial charge is 0.0435 e. The molecule has 2 heteroatoms. The zero-order valence-electron chi connectivity index (χ0n) is 7.76. The summed E-state index contributed by atoms with van der Waals surface area (Å²) in [5.41, 5.74) is 8.42. The van der Waals surface area contributed by atoms with Crippen molar-refractivity contribution in [3.05, 3.63) is 34.3 Å². The van der Waals surface area contributed by atoms with Crippen molar-refractivity contribution in [1.29, 1.82) is 0 Å². The van der Waals surface area contributed by atoms with Crippen LogP contribution in [-0.2, 0) is 0 Å². The average molecular weight is 196 g/mol. The fraction of sp³-hybridized carbons (Fsp3) is 0.455. The van der Waals surface area contributed by atoms with E-state index in [0.717, 1.165) is 10.6 Å². The SMILES string of the molecule is Cc1cc([C@H](N)C2CC2)ccc1Cl. The van der Waals surface area contributed by atoms with Crippen LogP contribution in [0.25, 0.3) is 0 Å². The van der Waals surface area contributed by atoms with E-state index in [1.54, 1.807) is 0 Å². The van der Waals surface area contributed by atoms with E-state index in [4.69, 9.17) is 17.3 Å². The van der Waals surface area contributed by atoms with Gasteiger partial charge in [0, 0.05) is 11.1 Å². The molecule has 0 heterocycles. The molecule has 1 aliphatic carbocycles. The van der Waals surface area contributed by atoms with Crippen LogP contribution in [0.5, 0.6) is 0 Å². The van der Waals surface area contributed by atoms with Crippen molar-refractivity contribution in [2.45, 2.75) is 25.8 Å². The number of halogens is 1. The van der Waals surface area contributed by atoms with Gasteiger partial charge in [-0.3, -0.25) is 0 Å². The van der Waals surface area contributed by atoms with E-state index in [-0.39, 0.29) is 6.04 Å². The summed E-state index contributed by atoms with van der Waals surface area (Å²) in [4.78, 5) is 0. The van der Waals surface area contributed by atoms with Gasteiger partial charge in [0.05, 0.1) is 0 Å². The maximum atomic E-state index is 6.08. The van der Waals surface area contributed by atoms with Crippen molar-refractivity contribution in [3.8, 4) is 0 Å². The number of nitrogens with two attached hydrogens (primary N) is 1. The van der Waals surface area contributed by atoms with Crippen LogP contribution in [0.1, 0.15) is 30.0 Å². The number of rotatable bonds is 2. The van der Waals surface area contributed by atoms with E-state index < -0.39 is 0 Å². The molecule has 0 saturated heterocycles. The first-order valence-electron chi connectivity index (χ1n) is 4.70. The maximum absolute atomic E-state index is 6.08. The highest BCUT2D eigenvalue weighted by atomic mass is 35.5. The van der Waals surface area contributed by atoms with Gasteiger partial charge in [-0.2, -0.15) is 0 Å². The Labute approximate surface area is 83.9 Å². The Kier molecular flexibility index (Phi) is 2.31. The Hall–Kier alpha value is -0.530. The number of hydrogen-bond acceptors (Lipinski definition) is 1. The number of aryl methyl sites for hydroxylation is 1. The largest absolute Gasteiger partial charge is 0.324 e. The molecule has 2 N–H and O–H groups in total. The minimum Gasteiger partial charge on any atom is -0.324 e. The van der Waals surface area contributed by atoms with Crippen LogP contribution in [0.4, 0.5) is 0 Å². The quantitative estimate of drug-likeness (QED) is 0.772. The van der Waals surface area contributed by atoms with Gasteiger partial charge in [0.25, 0.3) is 0 Å². The van der Waals surface area contributed by atoms with E-state index in [1.807, 2.05) is 19.1 Å². The summed E-state index contributed by atoms with van der Waals surface area (Å²) in [6.45, 7) is 2.02. The van der Waals surface area contributed by atoms with E-state index in [9.17, 15) is 0 Å². The van der Waals surface area contributed by atoms with E-state index >= 15 is 0 Å². The molecule has 0 aromatic heterocycles. The van der Waals surface area contributed by atoms with Crippen molar-refractivity contribution in [3.63, 3.8) is 0 Å². The van der Waals surface area contributed by atoms with E-state index in [1.165, 1.54) is 18.4 Å². The molecule has 0 bridgehead atoms. The Bertz CT molecular complexity index is 318. The predicted octanol–water partition coefficient (Wildman–Crippen LogP) is 3.06. The summed E-state index contributed by atoms with van der Waals surface area (Å²) in [6.07, 6.45) is 2.56. The first-order chi connectivity index (χ1) is 6.18. The number of benzene rings is 1. The van der Waals surface area contributed by atoms with Crippen LogP contribution in [0, 0.1) is 12.8 Å². The van der Waals surface area contributed by atoms with Gasteiger partial charge < -0.3 is 5.73 Å². The topological polar surface area (TPSA) is 26.0 Å². The van der Waals surface area contributed by atoms with Gasteiger partial charge in [-0.05, 0) is 42.9 Å². The Morgan fingerprint density at radius 1 is 1.46 bits per heavy atom. The molecule has 1 aromatic carbocycles. The van der Waals surface area contributed by atoms with Gasteiger partial charge in [-0.15, -0.1) is 0 Å². The molecule has 0 spiro atoms. The van der Waals surface area contributed by atoms with Crippen LogP contribution >= 0.6 is 11.6 Å². The van der Waals surface area contributed by atoms with Gasteiger partial charge in [-0.25, -0.2) is 0 Å². The summed E-state index contributed by atoms with van der Waals surface area (Å²) in [6, 6.07) is 6.30. The molecule has 1 atom stereocenters. The molecule has 1 aromatic rings. The van der Waals surface area contributed by atoms with E-state index in [0.29, 0.717) is 5.92 Å². The third-order valence-corrected chi connectivity index (χ3v) is 3.12. The first kappa shape index (κ1) is 9.04. The molecule has 2 rings (SSSR count). The van der Waals surface area contributed by atoms with Gasteiger partial charge in [0.15, 0.2) is 0 Å². The molecule has 1 saturated carbocycles. The van der Waals surface area contributed by atoms with Crippen molar-refractivity contribution < 1.29 is 0 Å². The second-order valence-corrected chi connectivity index (χ2v) is 4.28. The first-order valence-corrected chi connectivity index (χ1v) is 5.08. The Balaban J connectivity index is 2.24. The Morgan fingerprint density at radius 3 is 2.69 bits per heavy atom. The lowest BCUT2D eigenvalue weighted by Crippen LogP contribution is -2.12. The molecule has 1 aliphatic rings. The van der Waals surface area contributed by atoms with Crippen molar-refractivity contribution in [2.24, 2.45) is 11.7 Å². The minimum atomic E-state index is 0.218. The second-order valence-electron chi connectivity index (χ2n) is 3.87. The summed E-state index contributed by atoms with van der Waals surface area (Å²) in [5.74, 6) is 0.709. The van der Waals surface area contributed by atoms with Crippen molar-refractivity contribution in [2.75, 3.05) is 0 Å². The normalized spacial score (nSPS) is 18.7. The van der Waals surface area contributed by atoms with Gasteiger partial charge in [-0.1, -0.05) is 23.7 Å². The van der Waals surface area contributed by atoms with Gasteiger partial charge >= 0.3 is 0 Å². The zero-order chi connectivity index (χ0) is 9.42. The molecule has 13 heavy (non-hydrogen) atoms. The lowest BCUT2D eigenvalue weighted by atomic mass is 10.0. The molecule has 0 aliphatic heterocycles. The summed E-state index contributed by atoms with van der Waals surface area (Å²) >= 11 is 5.94. The number of hydrogen-bond donors (Lipinski definition) is 1. The van der Waals surface area contributed by atoms with E-state index in [2.05, 4.69) is 6.07 Å². The highest BCUT2D eigenvalue weighted by Gasteiger charge is 2.29. The van der Waals surface area contributed by atoms with Crippen LogP contribution < -0.4 is 5.73 Å². The van der Waals surface area contributed by atoms with Crippen LogP contribution in [0.15, 0.2) is 18.2 Å². The monoisotopic (exact) mass is 195 g/mol. The lowest BCUT2D eigenvalue weighted by Gasteiger charge is -2.11. The van der Waals surface area contributed by atoms with Crippen LogP contribution in [0.3, 0.4) is 0 Å². The minimum absolute atomic E-state index is 0.218. The molecule has 0 unspecified atom stereocenters. The maximum Gasteiger partial charge on any atom is 0.0435 e. The van der Waals surface area contributed by atoms with Gasteiger partial charge in [0.2, 0.25) is 0 Å². The standard InChI is InChI=1S/C11H14ClN/c1-7-6-9(4-5-10(7)12)11(13)8-2-3-8/h4-6,8,11H,2-3,13H2,1H3/t11-/m1/s1. The fourth-order valence-corrected chi connectivity index (χ4v) is 1.72.